The van der Waals surface area contributed by atoms with Crippen molar-refractivity contribution in [2.75, 3.05) is 12.3 Å². The molecule has 0 aliphatic carbocycles. The molecule has 0 heterocycles. The Morgan fingerprint density at radius 3 is 2.40 bits per heavy atom. The molecule has 20 heavy (non-hydrogen) atoms. The number of hydrogen-bond donors (Lipinski definition) is 2. The van der Waals surface area contributed by atoms with E-state index in [1.54, 1.807) is 11.8 Å². The highest BCUT2D eigenvalue weighted by Gasteiger charge is 2.06. The van der Waals surface area contributed by atoms with E-state index in [9.17, 15) is 9.59 Å². The van der Waals surface area contributed by atoms with Gasteiger partial charge in [-0.1, -0.05) is 29.8 Å². The Morgan fingerprint density at radius 1 is 1.15 bits per heavy atom. The van der Waals surface area contributed by atoms with E-state index in [4.69, 9.17) is 0 Å². The summed E-state index contributed by atoms with van der Waals surface area (Å²) in [5, 5.41) is 5.34. The fraction of sp³-hybridized carbons (Fsp3) is 0.467. The van der Waals surface area contributed by atoms with Crippen molar-refractivity contribution in [2.24, 2.45) is 0 Å². The second-order valence-electron chi connectivity index (χ2n) is 4.98. The summed E-state index contributed by atoms with van der Waals surface area (Å²) in [5.74, 6) is 0.896. The van der Waals surface area contributed by atoms with Crippen molar-refractivity contribution >= 4 is 23.6 Å². The van der Waals surface area contributed by atoms with Gasteiger partial charge in [0.15, 0.2) is 0 Å². The van der Waals surface area contributed by atoms with Gasteiger partial charge in [0.1, 0.15) is 0 Å². The van der Waals surface area contributed by atoms with Gasteiger partial charge in [-0.05, 0) is 26.3 Å². The number of benzene rings is 1. The smallest absolute Gasteiger partial charge is 0.239 e. The summed E-state index contributed by atoms with van der Waals surface area (Å²) < 4.78 is 0. The molecular weight excluding hydrogens is 272 g/mol. The van der Waals surface area contributed by atoms with Crippen molar-refractivity contribution < 1.29 is 9.59 Å². The van der Waals surface area contributed by atoms with Gasteiger partial charge in [-0.15, -0.1) is 11.8 Å². The summed E-state index contributed by atoms with van der Waals surface area (Å²) in [4.78, 5) is 22.9. The van der Waals surface area contributed by atoms with Crippen molar-refractivity contribution in [1.82, 2.24) is 10.6 Å². The molecule has 110 valence electrons. The Kier molecular flexibility index (Phi) is 7.15. The molecule has 1 aromatic carbocycles. The number of nitrogens with one attached hydrogen (secondary N) is 2. The van der Waals surface area contributed by atoms with Crippen LogP contribution in [0.4, 0.5) is 0 Å². The molecule has 4 nitrogen and oxygen atoms in total. The maximum Gasteiger partial charge on any atom is 0.239 e. The van der Waals surface area contributed by atoms with Crippen LogP contribution in [0, 0.1) is 6.92 Å². The molecule has 0 atom stereocenters. The van der Waals surface area contributed by atoms with Crippen LogP contribution in [0.25, 0.3) is 0 Å². The minimum absolute atomic E-state index is 0.0438. The first-order chi connectivity index (χ1) is 9.47. The molecular formula is C15H22N2O2S. The Labute approximate surface area is 124 Å². The zero-order valence-electron chi connectivity index (χ0n) is 12.2. The summed E-state index contributed by atoms with van der Waals surface area (Å²) in [6, 6.07) is 8.35. The highest BCUT2D eigenvalue weighted by molar-refractivity contribution is 7.99. The van der Waals surface area contributed by atoms with Gasteiger partial charge in [0.05, 0.1) is 12.3 Å². The minimum Gasteiger partial charge on any atom is -0.352 e. The van der Waals surface area contributed by atoms with Gasteiger partial charge in [0, 0.05) is 11.8 Å². The molecule has 1 aromatic rings. The predicted molar refractivity (Wildman–Crippen MR) is 83.6 cm³/mol. The topological polar surface area (TPSA) is 58.2 Å². The molecule has 0 fully saturated rings. The third kappa shape index (κ3) is 7.19. The number of rotatable bonds is 7. The molecule has 0 aromatic heterocycles. The maximum atomic E-state index is 11.6. The van der Waals surface area contributed by atoms with E-state index in [1.165, 1.54) is 11.1 Å². The number of amides is 2. The van der Waals surface area contributed by atoms with Gasteiger partial charge in [0.25, 0.3) is 0 Å². The lowest BCUT2D eigenvalue weighted by molar-refractivity contribution is -0.125. The lowest BCUT2D eigenvalue weighted by atomic mass is 10.2. The van der Waals surface area contributed by atoms with Crippen molar-refractivity contribution in [1.29, 1.82) is 0 Å². The van der Waals surface area contributed by atoms with E-state index < -0.39 is 0 Å². The highest BCUT2D eigenvalue weighted by Crippen LogP contribution is 2.12. The molecule has 0 spiro atoms. The number of carbonyl (C=O) groups is 2. The fourth-order valence-electron chi connectivity index (χ4n) is 1.55. The largest absolute Gasteiger partial charge is 0.352 e. The van der Waals surface area contributed by atoms with Gasteiger partial charge in [-0.2, -0.15) is 0 Å². The van der Waals surface area contributed by atoms with E-state index >= 15 is 0 Å². The zero-order chi connectivity index (χ0) is 15.0. The van der Waals surface area contributed by atoms with Gasteiger partial charge in [0.2, 0.25) is 11.8 Å². The average molecular weight is 294 g/mol. The summed E-state index contributed by atoms with van der Waals surface area (Å²) in [7, 11) is 0. The molecule has 0 saturated heterocycles. The monoisotopic (exact) mass is 294 g/mol. The third-order valence-corrected chi connectivity index (χ3v) is 3.52. The molecule has 0 radical (unpaired) electrons. The highest BCUT2D eigenvalue weighted by atomic mass is 32.2. The Bertz CT molecular complexity index is 444. The second-order valence-corrected chi connectivity index (χ2v) is 5.96. The van der Waals surface area contributed by atoms with Crippen LogP contribution in [0.2, 0.25) is 0 Å². The Morgan fingerprint density at radius 2 is 1.80 bits per heavy atom. The van der Waals surface area contributed by atoms with Crippen LogP contribution in [0.5, 0.6) is 0 Å². The molecule has 0 bridgehead atoms. The van der Waals surface area contributed by atoms with Crippen LogP contribution in [-0.2, 0) is 15.3 Å². The van der Waals surface area contributed by atoms with Crippen molar-refractivity contribution in [2.45, 2.75) is 32.6 Å². The summed E-state index contributed by atoms with van der Waals surface area (Å²) >= 11 is 1.54. The van der Waals surface area contributed by atoms with Crippen LogP contribution in [0.3, 0.4) is 0 Å². The summed E-state index contributed by atoms with van der Waals surface area (Å²) in [5.41, 5.74) is 2.43. The van der Waals surface area contributed by atoms with Crippen molar-refractivity contribution in [3.8, 4) is 0 Å². The first-order valence-corrected chi connectivity index (χ1v) is 7.82. The lowest BCUT2D eigenvalue weighted by Crippen LogP contribution is -2.40. The van der Waals surface area contributed by atoms with Crippen LogP contribution in [-0.4, -0.2) is 30.2 Å². The molecule has 0 aliphatic heterocycles. The minimum atomic E-state index is -0.156. The van der Waals surface area contributed by atoms with Gasteiger partial charge in [-0.3, -0.25) is 9.59 Å². The predicted octanol–water partition coefficient (Wildman–Crippen LogP) is 1.87. The standard InChI is InChI=1S/C15H22N2O2S/c1-11(2)17-14(18)8-16-15(19)10-20-9-13-6-4-12(3)5-7-13/h4-7,11H,8-10H2,1-3H3,(H,16,19)(H,17,18). The van der Waals surface area contributed by atoms with Crippen LogP contribution in [0.15, 0.2) is 24.3 Å². The summed E-state index contributed by atoms with van der Waals surface area (Å²) in [6.45, 7) is 5.86. The fourth-order valence-corrected chi connectivity index (χ4v) is 2.37. The van der Waals surface area contributed by atoms with Gasteiger partial charge in [-0.25, -0.2) is 0 Å². The molecule has 1 rings (SSSR count). The van der Waals surface area contributed by atoms with Crippen molar-refractivity contribution in [3.05, 3.63) is 35.4 Å². The Hall–Kier alpha value is -1.49. The first-order valence-electron chi connectivity index (χ1n) is 6.66. The van der Waals surface area contributed by atoms with E-state index in [1.807, 2.05) is 20.8 Å². The normalized spacial score (nSPS) is 10.4. The average Bonchev–Trinajstić information content (AvgIpc) is 2.38. The second kappa shape index (κ2) is 8.64. The molecule has 0 unspecified atom stereocenters. The number of carbonyl (C=O) groups excluding carboxylic acids is 2. The van der Waals surface area contributed by atoms with Crippen LogP contribution < -0.4 is 10.6 Å². The van der Waals surface area contributed by atoms with Crippen LogP contribution in [0.1, 0.15) is 25.0 Å². The van der Waals surface area contributed by atoms with Crippen LogP contribution >= 0.6 is 11.8 Å². The van der Waals surface area contributed by atoms with E-state index in [0.717, 1.165) is 5.75 Å². The molecule has 5 heteroatoms. The molecule has 0 saturated carbocycles. The Balaban J connectivity index is 2.17. The number of thioether (sulfide) groups is 1. The zero-order valence-corrected chi connectivity index (χ0v) is 13.0. The quantitative estimate of drug-likeness (QED) is 0.807. The molecule has 2 N–H and O–H groups in total. The number of hydrogen-bond acceptors (Lipinski definition) is 3. The third-order valence-electron chi connectivity index (χ3n) is 2.52. The van der Waals surface area contributed by atoms with Gasteiger partial charge < -0.3 is 10.6 Å². The van der Waals surface area contributed by atoms with Gasteiger partial charge >= 0.3 is 0 Å². The van der Waals surface area contributed by atoms with E-state index in [-0.39, 0.29) is 24.4 Å². The van der Waals surface area contributed by atoms with E-state index in [0.29, 0.717) is 5.75 Å². The molecule has 0 aliphatic rings. The van der Waals surface area contributed by atoms with E-state index in [2.05, 4.69) is 34.9 Å². The maximum absolute atomic E-state index is 11.6. The number of aryl methyl sites for hydroxylation is 1. The molecule has 2 amide bonds. The summed E-state index contributed by atoms with van der Waals surface area (Å²) in [6.07, 6.45) is 0. The first kappa shape index (κ1) is 16.6. The lowest BCUT2D eigenvalue weighted by Gasteiger charge is -2.09. The SMILES string of the molecule is Cc1ccc(CSCC(=O)NCC(=O)NC(C)C)cc1. The van der Waals surface area contributed by atoms with Crippen molar-refractivity contribution in [3.63, 3.8) is 0 Å².